The van der Waals surface area contributed by atoms with E-state index in [1.807, 2.05) is 0 Å². The van der Waals surface area contributed by atoms with Gasteiger partial charge in [0, 0.05) is 35.9 Å². The summed E-state index contributed by atoms with van der Waals surface area (Å²) in [5.41, 5.74) is 5.66. The highest BCUT2D eigenvalue weighted by Gasteiger charge is 2.38. The van der Waals surface area contributed by atoms with Crippen LogP contribution in [-0.4, -0.2) is 43.2 Å². The van der Waals surface area contributed by atoms with E-state index in [0.29, 0.717) is 23.4 Å². The van der Waals surface area contributed by atoms with Crippen molar-refractivity contribution in [2.75, 3.05) is 20.4 Å². The van der Waals surface area contributed by atoms with Crippen molar-refractivity contribution in [3.63, 3.8) is 0 Å². The van der Waals surface area contributed by atoms with Gasteiger partial charge in [0.25, 0.3) is 5.91 Å². The van der Waals surface area contributed by atoms with Crippen LogP contribution in [0.3, 0.4) is 0 Å². The second-order valence-electron chi connectivity index (χ2n) is 6.61. The topological polar surface area (TPSA) is 104 Å². The predicted octanol–water partition coefficient (Wildman–Crippen LogP) is 1.83. The Morgan fingerprint density at radius 2 is 2.19 bits per heavy atom. The van der Waals surface area contributed by atoms with Crippen LogP contribution in [0.15, 0.2) is 24.4 Å². The van der Waals surface area contributed by atoms with Crippen LogP contribution in [0.4, 0.5) is 4.39 Å². The normalized spacial score (nSPS) is 21.9. The van der Waals surface area contributed by atoms with Gasteiger partial charge in [0.05, 0.1) is 26.0 Å². The minimum absolute atomic E-state index is 0.130. The van der Waals surface area contributed by atoms with Gasteiger partial charge in [0.2, 0.25) is 11.8 Å². The fraction of sp³-hybridized carbons (Fsp3) is 0.421. The number of fused-ring (bicyclic) bond motifs is 1. The summed E-state index contributed by atoms with van der Waals surface area (Å²) in [5.74, 6) is -0.698. The maximum absolute atomic E-state index is 13.2. The number of hydrogen-bond acceptors (Lipinski definition) is 5. The molecule has 1 aromatic carbocycles. The van der Waals surface area contributed by atoms with Crippen LogP contribution >= 0.6 is 0 Å². The molecule has 0 radical (unpaired) electrons. The zero-order valence-corrected chi connectivity index (χ0v) is 15.2. The summed E-state index contributed by atoms with van der Waals surface area (Å²) in [6, 6.07) is 4.76. The number of methoxy groups -OCH3 is 1. The van der Waals surface area contributed by atoms with Gasteiger partial charge in [-0.05, 0) is 23.6 Å². The number of amides is 2. The third-order valence-electron chi connectivity index (χ3n) is 5.06. The minimum Gasteiger partial charge on any atom is -0.496 e. The van der Waals surface area contributed by atoms with Crippen LogP contribution in [0.5, 0.6) is 11.6 Å². The van der Waals surface area contributed by atoms with Crippen LogP contribution in [0.2, 0.25) is 0 Å². The van der Waals surface area contributed by atoms with Crippen molar-refractivity contribution < 1.29 is 23.5 Å². The Bertz CT molecular complexity index is 873. The molecule has 144 valence electrons. The van der Waals surface area contributed by atoms with E-state index in [1.165, 1.54) is 7.11 Å². The Morgan fingerprint density at radius 1 is 1.41 bits per heavy atom. The lowest BCUT2D eigenvalue weighted by atomic mass is 9.91. The summed E-state index contributed by atoms with van der Waals surface area (Å²) in [4.78, 5) is 27.5. The molecule has 1 aliphatic rings. The lowest BCUT2D eigenvalue weighted by molar-refractivity contribution is -0.122. The van der Waals surface area contributed by atoms with Gasteiger partial charge in [-0.3, -0.25) is 14.0 Å². The number of primary amides is 1. The molecule has 27 heavy (non-hydrogen) atoms. The molecule has 2 amide bonds. The van der Waals surface area contributed by atoms with Crippen LogP contribution < -0.4 is 20.5 Å². The summed E-state index contributed by atoms with van der Waals surface area (Å²) in [7, 11) is 1.45. The molecule has 1 aliphatic heterocycles. The van der Waals surface area contributed by atoms with E-state index in [1.54, 1.807) is 31.3 Å². The number of hydrogen-bond donors (Lipinski definition) is 2. The van der Waals surface area contributed by atoms with Crippen molar-refractivity contribution >= 4 is 22.6 Å². The van der Waals surface area contributed by atoms with E-state index in [2.05, 4.69) is 10.3 Å². The Hall–Kier alpha value is -2.90. The van der Waals surface area contributed by atoms with E-state index in [-0.39, 0.29) is 36.0 Å². The summed E-state index contributed by atoms with van der Waals surface area (Å²) in [6.07, 6.45) is 2.04. The maximum Gasteiger partial charge on any atom is 0.252 e. The van der Waals surface area contributed by atoms with Crippen molar-refractivity contribution in [2.24, 2.45) is 17.6 Å². The number of rotatable bonds is 7. The maximum atomic E-state index is 13.2. The van der Waals surface area contributed by atoms with Gasteiger partial charge in [-0.15, -0.1) is 0 Å². The molecule has 7 nitrogen and oxygen atoms in total. The highest BCUT2D eigenvalue weighted by atomic mass is 19.1. The Kier molecular flexibility index (Phi) is 5.43. The van der Waals surface area contributed by atoms with Crippen LogP contribution in [-0.2, 0) is 4.79 Å². The van der Waals surface area contributed by atoms with Crippen molar-refractivity contribution in [3.8, 4) is 11.6 Å². The van der Waals surface area contributed by atoms with Crippen molar-refractivity contribution in [1.29, 1.82) is 0 Å². The molecule has 8 heteroatoms. The van der Waals surface area contributed by atoms with Gasteiger partial charge in [-0.2, -0.15) is 0 Å². The van der Waals surface area contributed by atoms with E-state index < -0.39 is 12.6 Å². The largest absolute Gasteiger partial charge is 0.496 e. The number of nitrogens with two attached hydrogens (primary N) is 1. The average molecular weight is 375 g/mol. The SMILES string of the molecule is COc1cc2c(OCC[C@H]3NC(=O)[C@@H](C)C3CF)nccc2cc1C(N)=O. The highest BCUT2D eigenvalue weighted by molar-refractivity contribution is 6.01. The summed E-state index contributed by atoms with van der Waals surface area (Å²) in [6.45, 7) is 1.44. The quantitative estimate of drug-likeness (QED) is 0.768. The molecule has 0 aliphatic carbocycles. The standard InChI is InChI=1S/C19H22FN3O4/c1-10-14(9-20)15(23-18(10)25)4-6-27-19-12-8-16(26-2)13(17(21)24)7-11(12)3-5-22-19/h3,5,7-8,10,14-15H,4,6,9H2,1-2H3,(H2,21,24)(H,23,25)/t10-,14?,15+/m0/s1. The predicted molar refractivity (Wildman–Crippen MR) is 97.5 cm³/mol. The number of carbonyl (C=O) groups excluding carboxylic acids is 2. The van der Waals surface area contributed by atoms with Crippen LogP contribution in [0.25, 0.3) is 10.8 Å². The second-order valence-corrected chi connectivity index (χ2v) is 6.61. The molecule has 1 unspecified atom stereocenters. The van der Waals surface area contributed by atoms with Gasteiger partial charge in [-0.1, -0.05) is 6.92 Å². The first kappa shape index (κ1) is 18.9. The first-order chi connectivity index (χ1) is 13.0. The lowest BCUT2D eigenvalue weighted by Crippen LogP contribution is -2.31. The van der Waals surface area contributed by atoms with Crippen LogP contribution in [0, 0.1) is 11.8 Å². The average Bonchev–Trinajstić information content (AvgIpc) is 2.93. The smallest absolute Gasteiger partial charge is 0.252 e. The molecule has 0 spiro atoms. The van der Waals surface area contributed by atoms with E-state index in [9.17, 15) is 14.0 Å². The molecule has 0 bridgehead atoms. The molecule has 1 fully saturated rings. The lowest BCUT2D eigenvalue weighted by Gasteiger charge is -2.18. The molecule has 2 aromatic rings. The first-order valence-corrected chi connectivity index (χ1v) is 8.72. The number of nitrogens with one attached hydrogen (secondary N) is 1. The number of nitrogens with zero attached hydrogens (tertiary/aromatic N) is 1. The van der Waals surface area contributed by atoms with Gasteiger partial charge in [0.15, 0.2) is 0 Å². The third kappa shape index (κ3) is 3.65. The monoisotopic (exact) mass is 375 g/mol. The number of ether oxygens (including phenoxy) is 2. The first-order valence-electron chi connectivity index (χ1n) is 8.72. The fourth-order valence-corrected chi connectivity index (χ4v) is 3.43. The zero-order chi connectivity index (χ0) is 19.6. The fourth-order valence-electron chi connectivity index (χ4n) is 3.43. The number of benzene rings is 1. The molecule has 3 rings (SSSR count). The molecule has 2 heterocycles. The number of halogens is 1. The number of pyridine rings is 1. The Balaban J connectivity index is 1.77. The van der Waals surface area contributed by atoms with Crippen LogP contribution in [0.1, 0.15) is 23.7 Å². The molecule has 3 N–H and O–H groups in total. The summed E-state index contributed by atoms with van der Waals surface area (Å²) < 4.78 is 24.2. The molecular weight excluding hydrogens is 353 g/mol. The van der Waals surface area contributed by atoms with E-state index >= 15 is 0 Å². The number of carbonyl (C=O) groups is 2. The molecule has 1 saturated heterocycles. The molecule has 1 aromatic heterocycles. The zero-order valence-electron chi connectivity index (χ0n) is 15.2. The van der Waals surface area contributed by atoms with Gasteiger partial charge in [-0.25, -0.2) is 4.98 Å². The minimum atomic E-state index is -0.587. The molecule has 0 saturated carbocycles. The highest BCUT2D eigenvalue weighted by Crippen LogP contribution is 2.31. The molecule has 3 atom stereocenters. The summed E-state index contributed by atoms with van der Waals surface area (Å²) in [5, 5.41) is 4.22. The molecular formula is C19H22FN3O4. The van der Waals surface area contributed by atoms with E-state index in [0.717, 1.165) is 5.39 Å². The number of aromatic nitrogens is 1. The second kappa shape index (κ2) is 7.77. The van der Waals surface area contributed by atoms with Gasteiger partial charge in [0.1, 0.15) is 5.75 Å². The Labute approximate surface area is 156 Å². The van der Waals surface area contributed by atoms with Crippen molar-refractivity contribution in [1.82, 2.24) is 10.3 Å². The van der Waals surface area contributed by atoms with Crippen molar-refractivity contribution in [3.05, 3.63) is 30.0 Å². The Morgan fingerprint density at radius 3 is 2.85 bits per heavy atom. The van der Waals surface area contributed by atoms with Gasteiger partial charge >= 0.3 is 0 Å². The number of alkyl halides is 1. The van der Waals surface area contributed by atoms with E-state index in [4.69, 9.17) is 15.2 Å². The summed E-state index contributed by atoms with van der Waals surface area (Å²) >= 11 is 0. The van der Waals surface area contributed by atoms with Gasteiger partial charge < -0.3 is 20.5 Å². The third-order valence-corrected chi connectivity index (χ3v) is 5.06. The van der Waals surface area contributed by atoms with Crippen molar-refractivity contribution in [2.45, 2.75) is 19.4 Å².